The molecule has 1 aliphatic rings. The van der Waals surface area contributed by atoms with Crippen LogP contribution in [0.2, 0.25) is 0 Å². The quantitative estimate of drug-likeness (QED) is 0.812. The lowest BCUT2D eigenvalue weighted by atomic mass is 9.93. The molecule has 2 amide bonds. The maximum absolute atomic E-state index is 12.8. The average molecular weight is 367 g/mol. The van der Waals surface area contributed by atoms with Crippen LogP contribution in [0.5, 0.6) is 0 Å². The highest BCUT2D eigenvalue weighted by Crippen LogP contribution is 2.23. The van der Waals surface area contributed by atoms with Gasteiger partial charge in [0.2, 0.25) is 15.9 Å². The highest BCUT2D eigenvalue weighted by Gasteiger charge is 2.26. The molecule has 8 heteroatoms. The Morgan fingerprint density at radius 1 is 1.32 bits per heavy atom. The first kappa shape index (κ1) is 19.4. The molecule has 1 atom stereocenters. The normalized spacial score (nSPS) is 18.4. The predicted molar refractivity (Wildman–Crippen MR) is 94.4 cm³/mol. The Hall–Kier alpha value is -1.93. The summed E-state index contributed by atoms with van der Waals surface area (Å²) in [6.45, 7) is 1.20. The Morgan fingerprint density at radius 3 is 2.68 bits per heavy atom. The number of sulfonamides is 1. The van der Waals surface area contributed by atoms with Crippen molar-refractivity contribution >= 4 is 21.8 Å². The molecule has 1 aromatic carbocycles. The van der Waals surface area contributed by atoms with Gasteiger partial charge in [-0.25, -0.2) is 12.7 Å². The molecule has 1 aliphatic heterocycles. The van der Waals surface area contributed by atoms with E-state index in [1.165, 1.54) is 26.2 Å². The van der Waals surface area contributed by atoms with E-state index in [0.717, 1.165) is 17.1 Å². The molecule has 1 fully saturated rings. The van der Waals surface area contributed by atoms with Crippen LogP contribution in [0.3, 0.4) is 0 Å². The van der Waals surface area contributed by atoms with Crippen molar-refractivity contribution in [3.05, 3.63) is 29.8 Å². The van der Waals surface area contributed by atoms with Crippen LogP contribution >= 0.6 is 0 Å². The van der Waals surface area contributed by atoms with Gasteiger partial charge in [0.1, 0.15) is 0 Å². The van der Waals surface area contributed by atoms with Crippen molar-refractivity contribution in [3.63, 3.8) is 0 Å². The second-order valence-corrected chi connectivity index (χ2v) is 8.73. The largest absolute Gasteiger partial charge is 0.370 e. The Kier molecular flexibility index (Phi) is 6.18. The topological polar surface area (TPSA) is 101 Å². The van der Waals surface area contributed by atoms with E-state index >= 15 is 0 Å². The Labute approximate surface area is 148 Å². The maximum atomic E-state index is 12.8. The molecule has 25 heavy (non-hydrogen) atoms. The second-order valence-electron chi connectivity index (χ2n) is 6.58. The van der Waals surface area contributed by atoms with E-state index in [0.29, 0.717) is 31.5 Å². The van der Waals surface area contributed by atoms with E-state index in [9.17, 15) is 18.0 Å². The van der Waals surface area contributed by atoms with Crippen molar-refractivity contribution in [2.45, 2.75) is 30.6 Å². The van der Waals surface area contributed by atoms with Crippen molar-refractivity contribution in [3.8, 4) is 0 Å². The molecule has 0 radical (unpaired) electrons. The molecule has 0 aromatic heterocycles. The number of nitrogens with zero attached hydrogens (tertiary/aromatic N) is 2. The van der Waals surface area contributed by atoms with Gasteiger partial charge in [-0.05, 0) is 43.4 Å². The molecule has 2 N–H and O–H groups in total. The Balaban J connectivity index is 2.13. The zero-order chi connectivity index (χ0) is 18.6. The minimum absolute atomic E-state index is 0.102. The van der Waals surface area contributed by atoms with Crippen LogP contribution in [0, 0.1) is 5.92 Å². The average Bonchev–Trinajstić information content (AvgIpc) is 2.59. The number of piperidine rings is 1. The standard InChI is InChI=1S/C17H25N3O4S/c1-19(2)25(23,24)15-7-3-6-14(11-15)17(22)20-10-4-5-13(12-20)8-9-16(18)21/h3,6-7,11,13H,4-5,8-10,12H2,1-2H3,(H2,18,21). The van der Waals surface area contributed by atoms with E-state index in [-0.39, 0.29) is 22.6 Å². The SMILES string of the molecule is CN(C)S(=O)(=O)c1cccc(C(=O)N2CCCC(CCC(N)=O)C2)c1. The molecule has 0 spiro atoms. The highest BCUT2D eigenvalue weighted by molar-refractivity contribution is 7.89. The van der Waals surface area contributed by atoms with Crippen LogP contribution in [-0.2, 0) is 14.8 Å². The van der Waals surface area contributed by atoms with Crippen LogP contribution in [0.1, 0.15) is 36.0 Å². The summed E-state index contributed by atoms with van der Waals surface area (Å²) >= 11 is 0. The van der Waals surface area contributed by atoms with Crippen molar-refractivity contribution in [1.29, 1.82) is 0 Å². The molecular weight excluding hydrogens is 342 g/mol. The lowest BCUT2D eigenvalue weighted by Gasteiger charge is -2.32. The molecule has 0 bridgehead atoms. The number of carbonyl (C=O) groups excluding carboxylic acids is 2. The van der Waals surface area contributed by atoms with Gasteiger partial charge in [-0.3, -0.25) is 9.59 Å². The van der Waals surface area contributed by atoms with Gasteiger partial charge in [-0.1, -0.05) is 6.07 Å². The molecule has 138 valence electrons. The summed E-state index contributed by atoms with van der Waals surface area (Å²) < 4.78 is 25.6. The van der Waals surface area contributed by atoms with Gasteiger partial charge >= 0.3 is 0 Å². The molecule has 0 aliphatic carbocycles. The van der Waals surface area contributed by atoms with Gasteiger partial charge in [0.05, 0.1) is 4.90 Å². The van der Waals surface area contributed by atoms with E-state index < -0.39 is 10.0 Å². The van der Waals surface area contributed by atoms with Crippen LogP contribution in [0.25, 0.3) is 0 Å². The molecule has 1 heterocycles. The Bertz CT molecular complexity index is 746. The highest BCUT2D eigenvalue weighted by atomic mass is 32.2. The van der Waals surface area contributed by atoms with Gasteiger partial charge < -0.3 is 10.6 Å². The second kappa shape index (κ2) is 7.97. The van der Waals surface area contributed by atoms with Gasteiger partial charge in [0.15, 0.2) is 0 Å². The number of nitrogens with two attached hydrogens (primary N) is 1. The third-order valence-electron chi connectivity index (χ3n) is 4.46. The molecule has 1 saturated heterocycles. The van der Waals surface area contributed by atoms with Crippen molar-refractivity contribution in [1.82, 2.24) is 9.21 Å². The number of primary amides is 1. The summed E-state index contributed by atoms with van der Waals surface area (Å²) in [6, 6.07) is 6.12. The maximum Gasteiger partial charge on any atom is 0.253 e. The Morgan fingerprint density at radius 2 is 2.04 bits per heavy atom. The van der Waals surface area contributed by atoms with Crippen molar-refractivity contribution < 1.29 is 18.0 Å². The zero-order valence-corrected chi connectivity index (χ0v) is 15.5. The fourth-order valence-electron chi connectivity index (χ4n) is 3.01. The van der Waals surface area contributed by atoms with E-state index in [4.69, 9.17) is 5.73 Å². The third-order valence-corrected chi connectivity index (χ3v) is 6.28. The summed E-state index contributed by atoms with van der Waals surface area (Å²) in [6.07, 6.45) is 2.83. The zero-order valence-electron chi connectivity index (χ0n) is 14.6. The number of amides is 2. The molecular formula is C17H25N3O4S. The number of hydrogen-bond donors (Lipinski definition) is 1. The van der Waals surface area contributed by atoms with Gasteiger partial charge in [-0.15, -0.1) is 0 Å². The van der Waals surface area contributed by atoms with E-state index in [1.807, 2.05) is 0 Å². The fraction of sp³-hybridized carbons (Fsp3) is 0.529. The van der Waals surface area contributed by atoms with Gasteiger partial charge in [0, 0.05) is 39.2 Å². The molecule has 1 aromatic rings. The number of likely N-dealkylation sites (tertiary alicyclic amines) is 1. The van der Waals surface area contributed by atoms with Crippen LogP contribution < -0.4 is 5.73 Å². The lowest BCUT2D eigenvalue weighted by Crippen LogP contribution is -2.40. The summed E-state index contributed by atoms with van der Waals surface area (Å²) in [5.74, 6) is -0.261. The lowest BCUT2D eigenvalue weighted by molar-refractivity contribution is -0.118. The molecule has 0 saturated carbocycles. The molecule has 2 rings (SSSR count). The van der Waals surface area contributed by atoms with Crippen LogP contribution in [-0.4, -0.2) is 56.6 Å². The first-order chi connectivity index (χ1) is 11.7. The van der Waals surface area contributed by atoms with Crippen LogP contribution in [0.4, 0.5) is 0 Å². The molecule has 1 unspecified atom stereocenters. The number of carbonyl (C=O) groups is 2. The predicted octanol–water partition coefficient (Wildman–Crippen LogP) is 1.05. The molecule has 7 nitrogen and oxygen atoms in total. The summed E-state index contributed by atoms with van der Waals surface area (Å²) in [4.78, 5) is 25.5. The third kappa shape index (κ3) is 4.79. The summed E-state index contributed by atoms with van der Waals surface area (Å²) in [7, 11) is -0.669. The van der Waals surface area contributed by atoms with Crippen molar-refractivity contribution in [2.75, 3.05) is 27.2 Å². The van der Waals surface area contributed by atoms with E-state index in [2.05, 4.69) is 0 Å². The first-order valence-electron chi connectivity index (χ1n) is 8.32. The smallest absolute Gasteiger partial charge is 0.253 e. The summed E-state index contributed by atoms with van der Waals surface area (Å²) in [5.41, 5.74) is 5.56. The van der Waals surface area contributed by atoms with E-state index in [1.54, 1.807) is 17.0 Å². The summed E-state index contributed by atoms with van der Waals surface area (Å²) in [5, 5.41) is 0. The monoisotopic (exact) mass is 367 g/mol. The fourth-order valence-corrected chi connectivity index (χ4v) is 3.96. The number of benzene rings is 1. The first-order valence-corrected chi connectivity index (χ1v) is 9.76. The number of rotatable bonds is 6. The minimum Gasteiger partial charge on any atom is -0.370 e. The van der Waals surface area contributed by atoms with Gasteiger partial charge in [0.25, 0.3) is 5.91 Å². The minimum atomic E-state index is -3.58. The van der Waals surface area contributed by atoms with Crippen LogP contribution in [0.15, 0.2) is 29.2 Å². The number of hydrogen-bond acceptors (Lipinski definition) is 4. The van der Waals surface area contributed by atoms with Crippen molar-refractivity contribution in [2.24, 2.45) is 11.7 Å². The van der Waals surface area contributed by atoms with Gasteiger partial charge in [-0.2, -0.15) is 0 Å².